The minimum atomic E-state index is -0.312. The molecule has 0 bridgehead atoms. The molecule has 2 amide bonds. The van der Waals surface area contributed by atoms with Gasteiger partial charge in [-0.15, -0.1) is 0 Å². The van der Waals surface area contributed by atoms with E-state index < -0.39 is 0 Å². The molecule has 8 heteroatoms. The maximum atomic E-state index is 12.3. The maximum Gasteiger partial charge on any atom is 0.323 e. The first-order valence-electron chi connectivity index (χ1n) is 8.18. The van der Waals surface area contributed by atoms with Gasteiger partial charge >= 0.3 is 6.03 Å². The first-order valence-corrected chi connectivity index (χ1v) is 8.18. The lowest BCUT2D eigenvalue weighted by Gasteiger charge is -2.31. The maximum absolute atomic E-state index is 12.3. The Morgan fingerprint density at radius 2 is 2.12 bits per heavy atom. The second-order valence-electron chi connectivity index (χ2n) is 6.01. The number of urea groups is 1. The number of anilines is 1. The first kappa shape index (κ1) is 16.2. The summed E-state index contributed by atoms with van der Waals surface area (Å²) in [5.74, 6) is 0.494. The topological polar surface area (TPSA) is 85.0 Å². The van der Waals surface area contributed by atoms with Crippen molar-refractivity contribution in [3.8, 4) is 0 Å². The summed E-state index contributed by atoms with van der Waals surface area (Å²) in [6.45, 7) is 4.23. The van der Waals surface area contributed by atoms with Gasteiger partial charge in [-0.3, -0.25) is 14.8 Å². The van der Waals surface area contributed by atoms with Gasteiger partial charge in [-0.25, -0.2) is 9.78 Å². The van der Waals surface area contributed by atoms with E-state index in [0.29, 0.717) is 19.0 Å². The second-order valence-corrected chi connectivity index (χ2v) is 6.01. The van der Waals surface area contributed by atoms with Gasteiger partial charge in [0.05, 0.1) is 6.20 Å². The van der Waals surface area contributed by atoms with Crippen molar-refractivity contribution in [2.75, 3.05) is 18.4 Å². The van der Waals surface area contributed by atoms with Crippen LogP contribution in [0.1, 0.15) is 31.2 Å². The fourth-order valence-corrected chi connectivity index (χ4v) is 2.94. The Balaban J connectivity index is 1.59. The Kier molecular flexibility index (Phi) is 4.64. The normalized spacial score (nSPS) is 15.5. The van der Waals surface area contributed by atoms with Crippen LogP contribution in [0.15, 0.2) is 29.6 Å². The lowest BCUT2D eigenvalue weighted by atomic mass is 9.92. The fraction of sp³-hybridized carbons (Fsp3) is 0.500. The molecule has 1 aliphatic heterocycles. The molecule has 2 aromatic rings. The number of aromatic nitrogens is 4. The monoisotopic (exact) mass is 330 g/mol. The van der Waals surface area contributed by atoms with Crippen LogP contribution in [0.5, 0.6) is 0 Å². The van der Waals surface area contributed by atoms with Gasteiger partial charge in [0.1, 0.15) is 0 Å². The van der Waals surface area contributed by atoms with Crippen LogP contribution in [0.4, 0.5) is 10.6 Å². The summed E-state index contributed by atoms with van der Waals surface area (Å²) in [5, 5.41) is 6.93. The van der Waals surface area contributed by atoms with E-state index in [-0.39, 0.29) is 17.4 Å². The Bertz CT molecular complexity index is 773. The third-order valence-electron chi connectivity index (χ3n) is 4.47. The van der Waals surface area contributed by atoms with E-state index in [1.165, 1.54) is 16.3 Å². The average molecular weight is 330 g/mol. The van der Waals surface area contributed by atoms with Crippen LogP contribution in [0.2, 0.25) is 0 Å². The molecule has 8 nitrogen and oxygen atoms in total. The number of nitrogens with one attached hydrogen (secondary N) is 1. The van der Waals surface area contributed by atoms with Crippen LogP contribution in [0, 0.1) is 0 Å². The van der Waals surface area contributed by atoms with Crippen molar-refractivity contribution in [2.24, 2.45) is 7.05 Å². The number of hydrogen-bond acceptors (Lipinski definition) is 4. The van der Waals surface area contributed by atoms with E-state index in [4.69, 9.17) is 0 Å². The van der Waals surface area contributed by atoms with Crippen molar-refractivity contribution >= 4 is 11.8 Å². The summed E-state index contributed by atoms with van der Waals surface area (Å²) in [7, 11) is 1.63. The molecule has 3 heterocycles. The van der Waals surface area contributed by atoms with Gasteiger partial charge < -0.3 is 9.47 Å². The minimum Gasteiger partial charge on any atom is -0.324 e. The Morgan fingerprint density at radius 1 is 1.38 bits per heavy atom. The van der Waals surface area contributed by atoms with E-state index in [9.17, 15) is 9.59 Å². The van der Waals surface area contributed by atoms with Crippen LogP contribution in [0.3, 0.4) is 0 Å². The van der Waals surface area contributed by atoms with Crippen LogP contribution in [-0.2, 0) is 13.6 Å². The van der Waals surface area contributed by atoms with Crippen molar-refractivity contribution in [1.29, 1.82) is 0 Å². The van der Waals surface area contributed by atoms with Gasteiger partial charge in [0.2, 0.25) is 5.82 Å². The zero-order valence-corrected chi connectivity index (χ0v) is 14.0. The zero-order valence-electron chi connectivity index (χ0n) is 14.0. The van der Waals surface area contributed by atoms with E-state index in [1.807, 2.05) is 10.9 Å². The summed E-state index contributed by atoms with van der Waals surface area (Å²) in [6.07, 6.45) is 8.83. The Labute approximate surface area is 140 Å². The van der Waals surface area contributed by atoms with E-state index in [1.54, 1.807) is 18.1 Å². The Morgan fingerprint density at radius 3 is 2.79 bits per heavy atom. The first-order chi connectivity index (χ1) is 11.6. The number of nitrogens with zero attached hydrogens (tertiary/aromatic N) is 5. The number of likely N-dealkylation sites (tertiary alicyclic amines) is 1. The molecule has 0 saturated carbocycles. The van der Waals surface area contributed by atoms with E-state index in [0.717, 1.165) is 19.4 Å². The molecule has 1 saturated heterocycles. The Hall–Kier alpha value is -2.64. The number of amides is 2. The largest absolute Gasteiger partial charge is 0.324 e. The molecule has 0 radical (unpaired) electrons. The quantitative estimate of drug-likeness (QED) is 0.922. The molecule has 0 aliphatic carbocycles. The molecule has 3 rings (SSSR count). The van der Waals surface area contributed by atoms with Gasteiger partial charge in [-0.05, 0) is 31.2 Å². The molecule has 0 aromatic carbocycles. The number of hydrogen-bond donors (Lipinski definition) is 1. The van der Waals surface area contributed by atoms with Gasteiger partial charge in [0.15, 0.2) is 0 Å². The van der Waals surface area contributed by atoms with Crippen LogP contribution < -0.4 is 10.9 Å². The van der Waals surface area contributed by atoms with Crippen molar-refractivity contribution < 1.29 is 4.79 Å². The highest BCUT2D eigenvalue weighted by molar-refractivity contribution is 5.88. The third kappa shape index (κ3) is 3.32. The summed E-state index contributed by atoms with van der Waals surface area (Å²) >= 11 is 0. The van der Waals surface area contributed by atoms with E-state index >= 15 is 0 Å². The van der Waals surface area contributed by atoms with Gasteiger partial charge in [0, 0.05) is 45.3 Å². The molecule has 0 atom stereocenters. The van der Waals surface area contributed by atoms with Gasteiger partial charge in [-0.2, -0.15) is 5.10 Å². The molecule has 0 spiro atoms. The smallest absolute Gasteiger partial charge is 0.323 e. The summed E-state index contributed by atoms with van der Waals surface area (Å²) < 4.78 is 3.31. The number of carbonyl (C=O) groups is 1. The lowest BCUT2D eigenvalue weighted by molar-refractivity contribution is 0.194. The van der Waals surface area contributed by atoms with Gasteiger partial charge in [0.25, 0.3) is 5.56 Å². The molecule has 1 fully saturated rings. The van der Waals surface area contributed by atoms with Crippen LogP contribution in [-0.4, -0.2) is 43.4 Å². The van der Waals surface area contributed by atoms with Gasteiger partial charge in [-0.1, -0.05) is 0 Å². The van der Waals surface area contributed by atoms with Crippen LogP contribution in [0.25, 0.3) is 0 Å². The highest BCUT2D eigenvalue weighted by Gasteiger charge is 2.25. The standard InChI is InChI=1S/C16H22N6O2/c1-3-22-11-13(10-18-22)12-4-7-21(8-5-12)16(24)19-14-15(23)20(2)9-6-17-14/h6,9-12H,3-5,7-8H2,1-2H3,(H,17,19,24). The number of carbonyl (C=O) groups excluding carboxylic acids is 1. The molecular weight excluding hydrogens is 308 g/mol. The minimum absolute atomic E-state index is 0.0661. The summed E-state index contributed by atoms with van der Waals surface area (Å²) in [6, 6.07) is -0.270. The molecule has 0 unspecified atom stereocenters. The molecule has 2 aromatic heterocycles. The van der Waals surface area contributed by atoms with Crippen molar-refractivity contribution in [3.63, 3.8) is 0 Å². The molecule has 24 heavy (non-hydrogen) atoms. The molecule has 1 aliphatic rings. The summed E-state index contributed by atoms with van der Waals surface area (Å²) in [4.78, 5) is 29.9. The number of aryl methyl sites for hydroxylation is 2. The predicted octanol–water partition coefficient (Wildman–Crippen LogP) is 1.41. The van der Waals surface area contributed by atoms with Crippen molar-refractivity contribution in [2.45, 2.75) is 32.2 Å². The molecule has 128 valence electrons. The molecule has 1 N–H and O–H groups in total. The zero-order chi connectivity index (χ0) is 17.1. The highest BCUT2D eigenvalue weighted by Crippen LogP contribution is 2.27. The average Bonchev–Trinajstić information content (AvgIpc) is 3.08. The molecular formula is C16H22N6O2. The predicted molar refractivity (Wildman–Crippen MR) is 89.9 cm³/mol. The third-order valence-corrected chi connectivity index (χ3v) is 4.47. The number of piperidine rings is 1. The van der Waals surface area contributed by atoms with E-state index in [2.05, 4.69) is 28.5 Å². The lowest BCUT2D eigenvalue weighted by Crippen LogP contribution is -2.41. The highest BCUT2D eigenvalue weighted by atomic mass is 16.2. The van der Waals surface area contributed by atoms with Crippen molar-refractivity contribution in [3.05, 3.63) is 40.7 Å². The SMILES string of the molecule is CCn1cc(C2CCN(C(=O)Nc3nccn(C)c3=O)CC2)cn1. The second kappa shape index (κ2) is 6.86. The number of rotatable bonds is 3. The summed E-state index contributed by atoms with van der Waals surface area (Å²) in [5.41, 5.74) is 0.920. The van der Waals surface area contributed by atoms with Crippen molar-refractivity contribution in [1.82, 2.24) is 24.2 Å². The van der Waals surface area contributed by atoms with Crippen LogP contribution >= 0.6 is 0 Å². The fourth-order valence-electron chi connectivity index (χ4n) is 2.94.